The van der Waals surface area contributed by atoms with Crippen molar-refractivity contribution >= 4 is 29.2 Å². The summed E-state index contributed by atoms with van der Waals surface area (Å²) < 4.78 is 5.03. The van der Waals surface area contributed by atoms with E-state index in [9.17, 15) is 0 Å². The number of rotatable bonds is 5. The summed E-state index contributed by atoms with van der Waals surface area (Å²) >= 11 is 5.88. The fraction of sp³-hybridized carbons (Fsp3) is 0.188. The normalized spacial score (nSPS) is 10.6. The molecule has 7 heteroatoms. The highest BCUT2D eigenvalue weighted by molar-refractivity contribution is 6.30. The van der Waals surface area contributed by atoms with Gasteiger partial charge in [0.15, 0.2) is 5.82 Å². The molecule has 0 fully saturated rings. The fourth-order valence-corrected chi connectivity index (χ4v) is 2.18. The first-order valence-electron chi connectivity index (χ1n) is 7.13. The first-order valence-corrected chi connectivity index (χ1v) is 7.50. The molecule has 0 amide bonds. The Balaban J connectivity index is 1.70. The fourth-order valence-electron chi connectivity index (χ4n) is 2.05. The van der Waals surface area contributed by atoms with Crippen molar-refractivity contribution in [3.63, 3.8) is 0 Å². The van der Waals surface area contributed by atoms with Gasteiger partial charge in [0.1, 0.15) is 11.6 Å². The van der Waals surface area contributed by atoms with Gasteiger partial charge < -0.3 is 15.2 Å². The molecule has 0 saturated carbocycles. The maximum atomic E-state index is 5.88. The second kappa shape index (κ2) is 6.66. The molecule has 0 atom stereocenters. The van der Waals surface area contributed by atoms with E-state index in [4.69, 9.17) is 16.1 Å². The topological polar surface area (TPSA) is 75.9 Å². The van der Waals surface area contributed by atoms with E-state index in [2.05, 4.69) is 25.8 Å². The van der Waals surface area contributed by atoms with Crippen LogP contribution in [0.15, 0.2) is 40.9 Å². The van der Waals surface area contributed by atoms with Gasteiger partial charge in [0.05, 0.1) is 0 Å². The Labute approximate surface area is 138 Å². The molecule has 1 aromatic carbocycles. The molecule has 2 heterocycles. The number of hydrogen-bond acceptors (Lipinski definition) is 6. The molecule has 0 spiro atoms. The van der Waals surface area contributed by atoms with Crippen LogP contribution in [0.3, 0.4) is 0 Å². The summed E-state index contributed by atoms with van der Waals surface area (Å²) in [4.78, 5) is 8.81. The van der Waals surface area contributed by atoms with Gasteiger partial charge in [-0.25, -0.2) is 4.98 Å². The third kappa shape index (κ3) is 4.20. The molecule has 0 bridgehead atoms. The zero-order valence-electron chi connectivity index (χ0n) is 12.8. The van der Waals surface area contributed by atoms with Crippen LogP contribution in [-0.2, 0) is 6.54 Å². The summed E-state index contributed by atoms with van der Waals surface area (Å²) in [5.74, 6) is 2.55. The van der Waals surface area contributed by atoms with Crippen LogP contribution >= 0.6 is 11.6 Å². The Morgan fingerprint density at radius 3 is 2.52 bits per heavy atom. The van der Waals surface area contributed by atoms with Crippen molar-refractivity contribution in [3.8, 4) is 0 Å². The Morgan fingerprint density at radius 2 is 1.83 bits per heavy atom. The van der Waals surface area contributed by atoms with Gasteiger partial charge in [-0.3, -0.25) is 0 Å². The van der Waals surface area contributed by atoms with Gasteiger partial charge in [-0.05, 0) is 31.5 Å². The summed E-state index contributed by atoms with van der Waals surface area (Å²) in [7, 11) is 0. The van der Waals surface area contributed by atoms with E-state index >= 15 is 0 Å². The van der Waals surface area contributed by atoms with Crippen molar-refractivity contribution in [1.82, 2.24) is 15.1 Å². The summed E-state index contributed by atoms with van der Waals surface area (Å²) in [5.41, 5.74) is 1.95. The number of aromatic nitrogens is 3. The van der Waals surface area contributed by atoms with E-state index in [1.165, 1.54) is 0 Å². The molecule has 0 unspecified atom stereocenters. The number of nitrogens with one attached hydrogen (secondary N) is 2. The molecule has 0 aliphatic carbocycles. The minimum atomic E-state index is 0.544. The molecule has 0 radical (unpaired) electrons. The lowest BCUT2D eigenvalue weighted by atomic mass is 10.2. The Morgan fingerprint density at radius 1 is 1.04 bits per heavy atom. The van der Waals surface area contributed by atoms with Crippen molar-refractivity contribution in [1.29, 1.82) is 0 Å². The maximum absolute atomic E-state index is 5.88. The lowest BCUT2D eigenvalue weighted by Crippen LogP contribution is -2.06. The van der Waals surface area contributed by atoms with E-state index in [0.29, 0.717) is 24.1 Å². The van der Waals surface area contributed by atoms with E-state index < -0.39 is 0 Å². The lowest BCUT2D eigenvalue weighted by Gasteiger charge is -2.08. The highest BCUT2D eigenvalue weighted by atomic mass is 35.5. The Kier molecular flexibility index (Phi) is 4.43. The summed E-state index contributed by atoms with van der Waals surface area (Å²) in [6.45, 7) is 4.36. The molecule has 2 aromatic heterocycles. The van der Waals surface area contributed by atoms with Crippen LogP contribution in [-0.4, -0.2) is 15.1 Å². The quantitative estimate of drug-likeness (QED) is 0.734. The van der Waals surface area contributed by atoms with Crippen molar-refractivity contribution in [3.05, 3.63) is 58.4 Å². The minimum absolute atomic E-state index is 0.544. The third-order valence-corrected chi connectivity index (χ3v) is 3.35. The molecule has 0 aliphatic rings. The standard InChI is InChI=1S/C16H16ClN5O/c1-10-7-14(20-15-8-11(2)23-22-15)21-16(19-10)18-9-12-3-5-13(17)6-4-12/h3-8H,9H2,1-2H3,(H2,18,19,20,21,22). The number of aryl methyl sites for hydroxylation is 2. The van der Waals surface area contributed by atoms with Crippen molar-refractivity contribution in [2.45, 2.75) is 20.4 Å². The molecule has 3 aromatic rings. The molecular weight excluding hydrogens is 314 g/mol. The number of nitrogens with zero attached hydrogens (tertiary/aromatic N) is 3. The van der Waals surface area contributed by atoms with Crippen LogP contribution in [0.1, 0.15) is 17.0 Å². The van der Waals surface area contributed by atoms with Crippen LogP contribution in [0.25, 0.3) is 0 Å². The lowest BCUT2D eigenvalue weighted by molar-refractivity contribution is 0.400. The molecule has 118 valence electrons. The smallest absolute Gasteiger partial charge is 0.225 e. The third-order valence-electron chi connectivity index (χ3n) is 3.10. The summed E-state index contributed by atoms with van der Waals surface area (Å²) in [6.07, 6.45) is 0. The average molecular weight is 330 g/mol. The van der Waals surface area contributed by atoms with Gasteiger partial charge >= 0.3 is 0 Å². The summed E-state index contributed by atoms with van der Waals surface area (Å²) in [5, 5.41) is 10.9. The van der Waals surface area contributed by atoms with Crippen LogP contribution in [0, 0.1) is 13.8 Å². The number of anilines is 3. The second-order valence-electron chi connectivity index (χ2n) is 5.15. The highest BCUT2D eigenvalue weighted by Gasteiger charge is 2.05. The van der Waals surface area contributed by atoms with Crippen molar-refractivity contribution in [2.24, 2.45) is 0 Å². The number of halogens is 1. The summed E-state index contributed by atoms with van der Waals surface area (Å²) in [6, 6.07) is 11.3. The van der Waals surface area contributed by atoms with Gasteiger partial charge in [0, 0.05) is 29.4 Å². The van der Waals surface area contributed by atoms with Gasteiger partial charge in [0.25, 0.3) is 0 Å². The largest absolute Gasteiger partial charge is 0.360 e. The van der Waals surface area contributed by atoms with Crippen LogP contribution in [0.4, 0.5) is 17.6 Å². The second-order valence-corrected chi connectivity index (χ2v) is 5.58. The van der Waals surface area contributed by atoms with Crippen molar-refractivity contribution < 1.29 is 4.52 Å². The monoisotopic (exact) mass is 329 g/mol. The van der Waals surface area contributed by atoms with E-state index in [0.717, 1.165) is 22.0 Å². The van der Waals surface area contributed by atoms with Gasteiger partial charge in [-0.15, -0.1) is 0 Å². The predicted molar refractivity (Wildman–Crippen MR) is 90.1 cm³/mol. The Bertz CT molecular complexity index is 800. The molecule has 6 nitrogen and oxygen atoms in total. The average Bonchev–Trinajstić information content (AvgIpc) is 2.91. The van der Waals surface area contributed by atoms with Crippen molar-refractivity contribution in [2.75, 3.05) is 10.6 Å². The van der Waals surface area contributed by atoms with E-state index in [1.54, 1.807) is 6.07 Å². The minimum Gasteiger partial charge on any atom is -0.360 e. The first kappa shape index (κ1) is 15.3. The molecule has 0 saturated heterocycles. The molecule has 3 rings (SSSR count). The highest BCUT2D eigenvalue weighted by Crippen LogP contribution is 2.17. The van der Waals surface area contributed by atoms with Gasteiger partial charge in [-0.2, -0.15) is 4.98 Å². The molecule has 2 N–H and O–H groups in total. The zero-order valence-corrected chi connectivity index (χ0v) is 13.6. The SMILES string of the molecule is Cc1cc(Nc2cc(C)on2)nc(NCc2ccc(Cl)cc2)n1. The first-order chi connectivity index (χ1) is 11.1. The maximum Gasteiger partial charge on any atom is 0.225 e. The zero-order chi connectivity index (χ0) is 16.2. The molecular formula is C16H16ClN5O. The van der Waals surface area contributed by atoms with Crippen LogP contribution in [0.5, 0.6) is 0 Å². The number of benzene rings is 1. The Hall–Kier alpha value is -2.60. The van der Waals surface area contributed by atoms with E-state index in [1.807, 2.05) is 44.2 Å². The van der Waals surface area contributed by atoms with Gasteiger partial charge in [0.2, 0.25) is 5.95 Å². The van der Waals surface area contributed by atoms with Crippen LogP contribution < -0.4 is 10.6 Å². The predicted octanol–water partition coefficient (Wildman–Crippen LogP) is 4.09. The molecule has 23 heavy (non-hydrogen) atoms. The number of hydrogen-bond donors (Lipinski definition) is 2. The van der Waals surface area contributed by atoms with E-state index in [-0.39, 0.29) is 0 Å². The van der Waals surface area contributed by atoms with Gasteiger partial charge in [-0.1, -0.05) is 28.9 Å². The molecule has 0 aliphatic heterocycles. The van der Waals surface area contributed by atoms with Crippen LogP contribution in [0.2, 0.25) is 5.02 Å².